The van der Waals surface area contributed by atoms with Gasteiger partial charge in [0.15, 0.2) is 0 Å². The van der Waals surface area contributed by atoms with Gasteiger partial charge in [0.2, 0.25) is 0 Å². The summed E-state index contributed by atoms with van der Waals surface area (Å²) in [6.07, 6.45) is 0.331. The normalized spacial score (nSPS) is 10.6. The summed E-state index contributed by atoms with van der Waals surface area (Å²) in [6, 6.07) is 10.4. The zero-order valence-electron chi connectivity index (χ0n) is 10.4. The number of aromatic amines is 1. The first kappa shape index (κ1) is 12.8. The van der Waals surface area contributed by atoms with E-state index in [0.717, 1.165) is 17.1 Å². The average molecular weight is 304 g/mol. The molecule has 2 rings (SSSR count). The standard InChI is InChI=1S/C14H14BrN3/c1-9(2)10-3-5-11(6-4-10)14-17-12(7-8-16)13(15)18-14/h3-6,9H,7H2,1-2H3,(H,17,18). The van der Waals surface area contributed by atoms with E-state index in [1.165, 1.54) is 5.56 Å². The van der Waals surface area contributed by atoms with E-state index in [4.69, 9.17) is 5.26 Å². The maximum absolute atomic E-state index is 8.70. The number of halogens is 1. The third-order valence-electron chi connectivity index (χ3n) is 2.83. The summed E-state index contributed by atoms with van der Waals surface area (Å²) >= 11 is 3.36. The quantitative estimate of drug-likeness (QED) is 0.930. The zero-order valence-corrected chi connectivity index (χ0v) is 12.0. The second-order valence-corrected chi connectivity index (χ2v) is 5.22. The van der Waals surface area contributed by atoms with E-state index in [1.807, 2.05) is 0 Å². The molecule has 0 unspecified atom stereocenters. The summed E-state index contributed by atoms with van der Waals surface area (Å²) in [7, 11) is 0. The molecule has 0 aliphatic rings. The van der Waals surface area contributed by atoms with Gasteiger partial charge in [0.25, 0.3) is 0 Å². The van der Waals surface area contributed by atoms with E-state index in [1.54, 1.807) is 0 Å². The SMILES string of the molecule is CC(C)c1ccc(-c2nc(Br)c(CC#N)[nH]2)cc1. The number of nitriles is 1. The topological polar surface area (TPSA) is 52.5 Å². The molecule has 0 atom stereocenters. The Kier molecular flexibility index (Phi) is 3.83. The number of hydrogen-bond acceptors (Lipinski definition) is 2. The van der Waals surface area contributed by atoms with Gasteiger partial charge in [-0.3, -0.25) is 0 Å². The van der Waals surface area contributed by atoms with Gasteiger partial charge in [-0.25, -0.2) is 4.98 Å². The lowest BCUT2D eigenvalue weighted by molar-refractivity contribution is 0.867. The number of nitrogens with zero attached hydrogens (tertiary/aromatic N) is 2. The summed E-state index contributed by atoms with van der Waals surface area (Å²) in [5, 5.41) is 8.70. The highest BCUT2D eigenvalue weighted by Crippen LogP contribution is 2.24. The van der Waals surface area contributed by atoms with Gasteiger partial charge < -0.3 is 4.98 Å². The predicted molar refractivity (Wildman–Crippen MR) is 75.1 cm³/mol. The molecular formula is C14H14BrN3. The van der Waals surface area contributed by atoms with E-state index in [9.17, 15) is 0 Å². The van der Waals surface area contributed by atoms with Gasteiger partial charge in [0.1, 0.15) is 10.4 Å². The molecule has 92 valence electrons. The second-order valence-electron chi connectivity index (χ2n) is 4.47. The largest absolute Gasteiger partial charge is 0.340 e. The van der Waals surface area contributed by atoms with Crippen molar-refractivity contribution in [2.75, 3.05) is 0 Å². The van der Waals surface area contributed by atoms with Crippen LogP contribution in [0.2, 0.25) is 0 Å². The van der Waals surface area contributed by atoms with Crippen LogP contribution < -0.4 is 0 Å². The molecule has 1 aromatic heterocycles. The van der Waals surface area contributed by atoms with Crippen LogP contribution >= 0.6 is 15.9 Å². The highest BCUT2D eigenvalue weighted by atomic mass is 79.9. The van der Waals surface area contributed by atoms with Crippen molar-refractivity contribution in [2.24, 2.45) is 0 Å². The Labute approximate surface area is 115 Å². The molecule has 18 heavy (non-hydrogen) atoms. The van der Waals surface area contributed by atoms with E-state index in [2.05, 4.69) is 70.1 Å². The summed E-state index contributed by atoms with van der Waals surface area (Å²) in [4.78, 5) is 7.55. The lowest BCUT2D eigenvalue weighted by Gasteiger charge is -2.05. The molecule has 4 heteroatoms. The van der Waals surface area contributed by atoms with Gasteiger partial charge in [-0.05, 0) is 27.4 Å². The number of H-pyrrole nitrogens is 1. The first-order valence-corrected chi connectivity index (χ1v) is 6.62. The summed E-state index contributed by atoms with van der Waals surface area (Å²) in [5.74, 6) is 1.32. The van der Waals surface area contributed by atoms with Crippen LogP contribution in [0.15, 0.2) is 28.9 Å². The Bertz CT molecular complexity index is 576. The van der Waals surface area contributed by atoms with Crippen LogP contribution in [0.3, 0.4) is 0 Å². The number of imidazole rings is 1. The first-order valence-electron chi connectivity index (χ1n) is 5.83. The Morgan fingerprint density at radius 3 is 2.56 bits per heavy atom. The molecule has 0 fully saturated rings. The third kappa shape index (κ3) is 2.62. The fourth-order valence-electron chi connectivity index (χ4n) is 1.75. The van der Waals surface area contributed by atoms with Crippen LogP contribution in [0.4, 0.5) is 0 Å². The maximum Gasteiger partial charge on any atom is 0.138 e. The van der Waals surface area contributed by atoms with Gasteiger partial charge in [-0.1, -0.05) is 38.1 Å². The molecule has 0 saturated heterocycles. The molecule has 2 aromatic rings. The van der Waals surface area contributed by atoms with Crippen molar-refractivity contribution in [1.82, 2.24) is 9.97 Å². The summed E-state index contributed by atoms with van der Waals surface area (Å²) in [6.45, 7) is 4.34. The van der Waals surface area contributed by atoms with Crippen molar-refractivity contribution < 1.29 is 0 Å². The number of hydrogen-bond donors (Lipinski definition) is 1. The van der Waals surface area contributed by atoms with Crippen LogP contribution in [0.25, 0.3) is 11.4 Å². The fraction of sp³-hybridized carbons (Fsp3) is 0.286. The Morgan fingerprint density at radius 2 is 2.00 bits per heavy atom. The lowest BCUT2D eigenvalue weighted by Crippen LogP contribution is -1.88. The van der Waals surface area contributed by atoms with Gasteiger partial charge >= 0.3 is 0 Å². The number of rotatable bonds is 3. The molecule has 3 nitrogen and oxygen atoms in total. The number of aromatic nitrogens is 2. The number of benzene rings is 1. The molecule has 0 saturated carbocycles. The summed E-state index contributed by atoms with van der Waals surface area (Å²) in [5.41, 5.74) is 3.16. The minimum absolute atomic E-state index is 0.331. The fourth-order valence-corrected chi connectivity index (χ4v) is 2.16. The molecule has 0 bridgehead atoms. The molecule has 1 N–H and O–H groups in total. The third-order valence-corrected chi connectivity index (χ3v) is 3.49. The van der Waals surface area contributed by atoms with Crippen molar-refractivity contribution >= 4 is 15.9 Å². The van der Waals surface area contributed by atoms with Gasteiger partial charge in [0, 0.05) is 5.56 Å². The molecular weight excluding hydrogens is 290 g/mol. The predicted octanol–water partition coefficient (Wildman–Crippen LogP) is 4.03. The van der Waals surface area contributed by atoms with Gasteiger partial charge in [0.05, 0.1) is 18.2 Å². The van der Waals surface area contributed by atoms with Crippen LogP contribution in [-0.4, -0.2) is 9.97 Å². The molecule has 0 amide bonds. The van der Waals surface area contributed by atoms with Gasteiger partial charge in [-0.15, -0.1) is 0 Å². The van der Waals surface area contributed by atoms with Crippen molar-refractivity contribution in [3.8, 4) is 17.5 Å². The minimum atomic E-state index is 0.331. The van der Waals surface area contributed by atoms with Crippen LogP contribution in [0, 0.1) is 11.3 Å². The molecule has 0 aliphatic heterocycles. The lowest BCUT2D eigenvalue weighted by atomic mass is 10.0. The Hall–Kier alpha value is -1.60. The molecule has 0 spiro atoms. The highest BCUT2D eigenvalue weighted by molar-refractivity contribution is 9.10. The van der Waals surface area contributed by atoms with Crippen molar-refractivity contribution in [2.45, 2.75) is 26.2 Å². The zero-order chi connectivity index (χ0) is 13.1. The van der Waals surface area contributed by atoms with Crippen LogP contribution in [0.5, 0.6) is 0 Å². The number of nitrogens with one attached hydrogen (secondary N) is 1. The van der Waals surface area contributed by atoms with Crippen molar-refractivity contribution in [3.63, 3.8) is 0 Å². The first-order chi connectivity index (χ1) is 8.61. The van der Waals surface area contributed by atoms with Gasteiger partial charge in [-0.2, -0.15) is 5.26 Å². The van der Waals surface area contributed by atoms with E-state index in [0.29, 0.717) is 16.9 Å². The van der Waals surface area contributed by atoms with Crippen LogP contribution in [-0.2, 0) is 6.42 Å². The highest BCUT2D eigenvalue weighted by Gasteiger charge is 2.09. The van der Waals surface area contributed by atoms with Crippen molar-refractivity contribution in [3.05, 3.63) is 40.1 Å². The molecule has 1 aromatic carbocycles. The maximum atomic E-state index is 8.70. The molecule has 1 heterocycles. The van der Waals surface area contributed by atoms with E-state index < -0.39 is 0 Å². The second kappa shape index (κ2) is 5.36. The molecule has 0 radical (unpaired) electrons. The van der Waals surface area contributed by atoms with E-state index in [-0.39, 0.29) is 0 Å². The Balaban J connectivity index is 2.31. The average Bonchev–Trinajstić information content (AvgIpc) is 2.72. The molecule has 0 aliphatic carbocycles. The summed E-state index contributed by atoms with van der Waals surface area (Å²) < 4.78 is 0.715. The smallest absolute Gasteiger partial charge is 0.138 e. The van der Waals surface area contributed by atoms with Crippen LogP contribution in [0.1, 0.15) is 31.0 Å². The van der Waals surface area contributed by atoms with Crippen molar-refractivity contribution in [1.29, 1.82) is 5.26 Å². The van der Waals surface area contributed by atoms with E-state index >= 15 is 0 Å². The Morgan fingerprint density at radius 1 is 1.33 bits per heavy atom. The minimum Gasteiger partial charge on any atom is -0.340 e. The monoisotopic (exact) mass is 303 g/mol.